The largest absolute Gasteiger partial charge is 0.314 e. The first kappa shape index (κ1) is 9.01. The van der Waals surface area contributed by atoms with Gasteiger partial charge in [-0.25, -0.2) is 0 Å². The van der Waals surface area contributed by atoms with Crippen molar-refractivity contribution in [3.05, 3.63) is 0 Å². The van der Waals surface area contributed by atoms with Gasteiger partial charge in [0, 0.05) is 31.2 Å². The summed E-state index contributed by atoms with van der Waals surface area (Å²) in [6, 6.07) is 2.07. The molecule has 2 atom stereocenters. The van der Waals surface area contributed by atoms with E-state index in [-0.39, 0.29) is 0 Å². The summed E-state index contributed by atoms with van der Waals surface area (Å²) in [6.07, 6.45) is 0. The van der Waals surface area contributed by atoms with Crippen LogP contribution in [0.25, 0.3) is 0 Å². The van der Waals surface area contributed by atoms with Gasteiger partial charge in [0.15, 0.2) is 0 Å². The summed E-state index contributed by atoms with van der Waals surface area (Å²) >= 11 is 0. The zero-order valence-electron chi connectivity index (χ0n) is 8.09. The molecule has 2 heteroatoms. The minimum absolute atomic E-state index is 0.683. The Morgan fingerprint density at radius 1 is 1.18 bits per heavy atom. The lowest BCUT2D eigenvalue weighted by Crippen LogP contribution is -2.57. The van der Waals surface area contributed by atoms with Crippen LogP contribution >= 0.6 is 0 Å². The first-order valence-electron chi connectivity index (χ1n) is 4.61. The zero-order valence-corrected chi connectivity index (χ0v) is 8.09. The monoisotopic (exact) mass is 156 g/mol. The Hall–Kier alpha value is -0.0800. The molecule has 1 fully saturated rings. The second-order valence-electron chi connectivity index (χ2n) is 3.90. The highest BCUT2D eigenvalue weighted by atomic mass is 15.3. The molecule has 0 aliphatic carbocycles. The van der Waals surface area contributed by atoms with Gasteiger partial charge in [-0.15, -0.1) is 0 Å². The van der Waals surface area contributed by atoms with Crippen LogP contribution in [0.15, 0.2) is 0 Å². The Kier molecular flexibility index (Phi) is 2.90. The zero-order chi connectivity index (χ0) is 8.43. The minimum Gasteiger partial charge on any atom is -0.314 e. The third-order valence-corrected chi connectivity index (χ3v) is 2.49. The predicted molar refractivity (Wildman–Crippen MR) is 48.8 cm³/mol. The van der Waals surface area contributed by atoms with Gasteiger partial charge in [0.25, 0.3) is 0 Å². The van der Waals surface area contributed by atoms with Crippen molar-refractivity contribution >= 4 is 0 Å². The molecule has 1 aliphatic heterocycles. The molecule has 1 saturated heterocycles. The summed E-state index contributed by atoms with van der Waals surface area (Å²) in [5.74, 6) is 0. The molecule has 2 unspecified atom stereocenters. The Balaban J connectivity index is 2.55. The topological polar surface area (TPSA) is 15.3 Å². The normalized spacial score (nSPS) is 34.6. The van der Waals surface area contributed by atoms with E-state index in [0.717, 1.165) is 13.1 Å². The molecule has 0 saturated carbocycles. The molecular formula is C9H20N2. The third kappa shape index (κ3) is 1.94. The summed E-state index contributed by atoms with van der Waals surface area (Å²) in [5, 5.41) is 3.43. The lowest BCUT2D eigenvalue weighted by Gasteiger charge is -2.42. The average Bonchev–Trinajstić information content (AvgIpc) is 1.85. The molecule has 1 heterocycles. The second kappa shape index (κ2) is 3.55. The van der Waals surface area contributed by atoms with Gasteiger partial charge >= 0.3 is 0 Å². The Bertz CT molecular complexity index is 113. The smallest absolute Gasteiger partial charge is 0.0198 e. The Morgan fingerprint density at radius 3 is 1.91 bits per heavy atom. The van der Waals surface area contributed by atoms with E-state index >= 15 is 0 Å². The maximum Gasteiger partial charge on any atom is 0.0198 e. The molecule has 11 heavy (non-hydrogen) atoms. The van der Waals surface area contributed by atoms with Crippen molar-refractivity contribution < 1.29 is 0 Å². The maximum absolute atomic E-state index is 3.43. The van der Waals surface area contributed by atoms with Gasteiger partial charge in [-0.2, -0.15) is 0 Å². The lowest BCUT2D eigenvalue weighted by molar-refractivity contribution is 0.0827. The van der Waals surface area contributed by atoms with E-state index in [1.54, 1.807) is 0 Å². The molecular weight excluding hydrogens is 136 g/mol. The molecule has 0 aromatic rings. The third-order valence-electron chi connectivity index (χ3n) is 2.49. The van der Waals surface area contributed by atoms with E-state index in [9.17, 15) is 0 Å². The van der Waals surface area contributed by atoms with Crippen LogP contribution < -0.4 is 5.32 Å². The summed E-state index contributed by atoms with van der Waals surface area (Å²) in [4.78, 5) is 2.58. The Labute approximate surface area is 70.0 Å². The maximum atomic E-state index is 3.43. The molecule has 0 spiro atoms. The SMILES string of the molecule is CC(C)N1C(C)CNCC1C. The van der Waals surface area contributed by atoms with Gasteiger partial charge in [-0.3, -0.25) is 4.90 Å². The highest BCUT2D eigenvalue weighted by Crippen LogP contribution is 2.12. The first-order valence-corrected chi connectivity index (χ1v) is 4.61. The van der Waals surface area contributed by atoms with Crippen molar-refractivity contribution in [1.82, 2.24) is 10.2 Å². The minimum atomic E-state index is 0.683. The number of hydrogen-bond donors (Lipinski definition) is 1. The van der Waals surface area contributed by atoms with Crippen LogP contribution in [0.3, 0.4) is 0 Å². The van der Waals surface area contributed by atoms with Crippen LogP contribution in [0.5, 0.6) is 0 Å². The average molecular weight is 156 g/mol. The van der Waals surface area contributed by atoms with Crippen molar-refractivity contribution in [2.75, 3.05) is 13.1 Å². The van der Waals surface area contributed by atoms with Crippen molar-refractivity contribution in [3.63, 3.8) is 0 Å². The molecule has 66 valence electrons. The van der Waals surface area contributed by atoms with Crippen LogP contribution in [0, 0.1) is 0 Å². The molecule has 0 amide bonds. The quantitative estimate of drug-likeness (QED) is 0.611. The molecule has 1 rings (SSSR count). The van der Waals surface area contributed by atoms with Crippen molar-refractivity contribution in [2.24, 2.45) is 0 Å². The van der Waals surface area contributed by atoms with Crippen LogP contribution in [0.4, 0.5) is 0 Å². The molecule has 0 aromatic heterocycles. The highest BCUT2D eigenvalue weighted by Gasteiger charge is 2.25. The van der Waals surface area contributed by atoms with Crippen molar-refractivity contribution in [1.29, 1.82) is 0 Å². The van der Waals surface area contributed by atoms with E-state index in [1.165, 1.54) is 0 Å². The van der Waals surface area contributed by atoms with E-state index < -0.39 is 0 Å². The number of hydrogen-bond acceptors (Lipinski definition) is 2. The van der Waals surface area contributed by atoms with Crippen molar-refractivity contribution in [2.45, 2.75) is 45.8 Å². The molecule has 1 aliphatic rings. The van der Waals surface area contributed by atoms with Gasteiger partial charge in [-0.1, -0.05) is 0 Å². The van der Waals surface area contributed by atoms with Crippen LogP contribution in [-0.2, 0) is 0 Å². The van der Waals surface area contributed by atoms with Gasteiger partial charge in [0.1, 0.15) is 0 Å². The van der Waals surface area contributed by atoms with Gasteiger partial charge in [0.05, 0.1) is 0 Å². The van der Waals surface area contributed by atoms with Gasteiger partial charge in [0.2, 0.25) is 0 Å². The second-order valence-corrected chi connectivity index (χ2v) is 3.90. The fraction of sp³-hybridized carbons (Fsp3) is 1.00. The summed E-state index contributed by atoms with van der Waals surface area (Å²) in [7, 11) is 0. The summed E-state index contributed by atoms with van der Waals surface area (Å²) in [6.45, 7) is 11.4. The van der Waals surface area contributed by atoms with Crippen LogP contribution in [-0.4, -0.2) is 36.1 Å². The summed E-state index contributed by atoms with van der Waals surface area (Å²) < 4.78 is 0. The molecule has 2 nitrogen and oxygen atoms in total. The molecule has 0 aromatic carbocycles. The number of rotatable bonds is 1. The Morgan fingerprint density at radius 2 is 1.64 bits per heavy atom. The standard InChI is InChI=1S/C9H20N2/c1-7(2)11-8(3)5-10-6-9(11)4/h7-10H,5-6H2,1-4H3. The molecule has 0 radical (unpaired) electrons. The number of piperazine rings is 1. The molecule has 0 bridgehead atoms. The first-order chi connectivity index (χ1) is 5.13. The van der Waals surface area contributed by atoms with Gasteiger partial charge in [-0.05, 0) is 27.7 Å². The van der Waals surface area contributed by atoms with E-state index in [0.29, 0.717) is 18.1 Å². The van der Waals surface area contributed by atoms with E-state index in [1.807, 2.05) is 0 Å². The fourth-order valence-electron chi connectivity index (χ4n) is 2.16. The number of nitrogens with zero attached hydrogens (tertiary/aromatic N) is 1. The van der Waals surface area contributed by atoms with Crippen molar-refractivity contribution in [3.8, 4) is 0 Å². The van der Waals surface area contributed by atoms with Crippen LogP contribution in [0.1, 0.15) is 27.7 Å². The van der Waals surface area contributed by atoms with Gasteiger partial charge < -0.3 is 5.32 Å². The van der Waals surface area contributed by atoms with E-state index in [2.05, 4.69) is 37.9 Å². The van der Waals surface area contributed by atoms with E-state index in [4.69, 9.17) is 0 Å². The number of nitrogens with one attached hydrogen (secondary N) is 1. The fourth-order valence-corrected chi connectivity index (χ4v) is 2.16. The summed E-state index contributed by atoms with van der Waals surface area (Å²) in [5.41, 5.74) is 0. The molecule has 1 N–H and O–H groups in total. The predicted octanol–water partition coefficient (Wildman–Crippen LogP) is 1.08. The lowest BCUT2D eigenvalue weighted by atomic mass is 10.1. The van der Waals surface area contributed by atoms with Crippen LogP contribution in [0.2, 0.25) is 0 Å². The highest BCUT2D eigenvalue weighted by molar-refractivity contribution is 4.84.